The van der Waals surface area contributed by atoms with Crippen LogP contribution in [0.4, 0.5) is 0 Å². The maximum atomic E-state index is 13.0. The summed E-state index contributed by atoms with van der Waals surface area (Å²) in [6.45, 7) is 5.56. The van der Waals surface area contributed by atoms with E-state index in [1.807, 2.05) is 12.1 Å². The van der Waals surface area contributed by atoms with E-state index < -0.39 is 0 Å². The molecule has 0 aliphatic carbocycles. The van der Waals surface area contributed by atoms with Crippen LogP contribution in [0.2, 0.25) is 0 Å². The number of hydrogen-bond acceptors (Lipinski definition) is 4. The van der Waals surface area contributed by atoms with Crippen molar-refractivity contribution in [3.63, 3.8) is 0 Å². The van der Waals surface area contributed by atoms with Gasteiger partial charge < -0.3 is 9.47 Å². The Morgan fingerprint density at radius 1 is 1.20 bits per heavy atom. The molecule has 0 bridgehead atoms. The Morgan fingerprint density at radius 3 is 2.52 bits per heavy atom. The van der Waals surface area contributed by atoms with Crippen LogP contribution >= 0.6 is 11.6 Å². The SMILES string of the molecule is C=C(Cl)COc1ccc2nc(C)n(-c3ccc(OC)cc3)c(=O)c2c1. The summed E-state index contributed by atoms with van der Waals surface area (Å²) in [5.74, 6) is 1.86. The van der Waals surface area contributed by atoms with Crippen LogP contribution in [0.3, 0.4) is 0 Å². The molecule has 0 aliphatic heterocycles. The summed E-state index contributed by atoms with van der Waals surface area (Å²) in [5, 5.41) is 0.858. The lowest BCUT2D eigenvalue weighted by atomic mass is 10.2. The summed E-state index contributed by atoms with van der Waals surface area (Å²) in [6, 6.07) is 12.4. The number of rotatable bonds is 5. The second-order valence-electron chi connectivity index (χ2n) is 5.48. The number of aromatic nitrogens is 2. The number of hydrogen-bond donors (Lipinski definition) is 0. The molecule has 0 fully saturated rings. The smallest absolute Gasteiger partial charge is 0.266 e. The lowest BCUT2D eigenvalue weighted by molar-refractivity contribution is 0.360. The van der Waals surface area contributed by atoms with E-state index in [1.54, 1.807) is 48.9 Å². The fourth-order valence-electron chi connectivity index (χ4n) is 2.56. The van der Waals surface area contributed by atoms with Crippen molar-refractivity contribution in [2.45, 2.75) is 6.92 Å². The summed E-state index contributed by atoms with van der Waals surface area (Å²) in [5.41, 5.74) is 1.17. The standard InChI is InChI=1S/C19H17ClN2O3/c1-12(20)11-25-16-8-9-18-17(10-16)19(23)22(13(2)21-18)14-4-6-15(24-3)7-5-14/h4-10H,1,11H2,2-3H3. The first-order valence-electron chi connectivity index (χ1n) is 7.63. The molecule has 3 aromatic rings. The van der Waals surface area contributed by atoms with Gasteiger partial charge in [0.15, 0.2) is 0 Å². The van der Waals surface area contributed by atoms with E-state index in [-0.39, 0.29) is 12.2 Å². The quantitative estimate of drug-likeness (QED) is 0.697. The zero-order valence-electron chi connectivity index (χ0n) is 14.0. The van der Waals surface area contributed by atoms with E-state index in [0.717, 1.165) is 11.4 Å². The fourth-order valence-corrected chi connectivity index (χ4v) is 2.62. The molecule has 1 heterocycles. The second-order valence-corrected chi connectivity index (χ2v) is 6.02. The van der Waals surface area contributed by atoms with Gasteiger partial charge in [-0.05, 0) is 49.4 Å². The third-order valence-electron chi connectivity index (χ3n) is 3.73. The number of fused-ring (bicyclic) bond motifs is 1. The summed E-state index contributed by atoms with van der Waals surface area (Å²) < 4.78 is 12.2. The average Bonchev–Trinajstić information content (AvgIpc) is 2.60. The molecule has 25 heavy (non-hydrogen) atoms. The van der Waals surface area contributed by atoms with Crippen LogP contribution in [0.1, 0.15) is 5.82 Å². The monoisotopic (exact) mass is 356 g/mol. The molecule has 0 aliphatic rings. The van der Waals surface area contributed by atoms with Crippen LogP contribution in [0.5, 0.6) is 11.5 Å². The molecule has 3 rings (SSSR count). The van der Waals surface area contributed by atoms with Gasteiger partial charge in [-0.3, -0.25) is 9.36 Å². The van der Waals surface area contributed by atoms with E-state index in [4.69, 9.17) is 21.1 Å². The van der Waals surface area contributed by atoms with Gasteiger partial charge in [-0.25, -0.2) is 4.98 Å². The molecule has 0 atom stereocenters. The van der Waals surface area contributed by atoms with Crippen molar-refractivity contribution in [1.82, 2.24) is 9.55 Å². The van der Waals surface area contributed by atoms with Crippen LogP contribution < -0.4 is 15.0 Å². The van der Waals surface area contributed by atoms with Crippen molar-refractivity contribution in [3.8, 4) is 17.2 Å². The van der Waals surface area contributed by atoms with Crippen LogP contribution in [0.25, 0.3) is 16.6 Å². The van der Waals surface area contributed by atoms with Crippen molar-refractivity contribution in [2.75, 3.05) is 13.7 Å². The van der Waals surface area contributed by atoms with Crippen molar-refractivity contribution in [1.29, 1.82) is 0 Å². The molecule has 2 aromatic carbocycles. The molecule has 0 unspecified atom stereocenters. The maximum absolute atomic E-state index is 13.0. The number of methoxy groups -OCH3 is 1. The van der Waals surface area contributed by atoms with Gasteiger partial charge in [0.1, 0.15) is 23.9 Å². The van der Waals surface area contributed by atoms with Gasteiger partial charge in [-0.1, -0.05) is 18.2 Å². The summed E-state index contributed by atoms with van der Waals surface area (Å²) in [7, 11) is 1.60. The Hall–Kier alpha value is -2.79. The van der Waals surface area contributed by atoms with Crippen molar-refractivity contribution < 1.29 is 9.47 Å². The molecule has 0 saturated carbocycles. The molecule has 1 aromatic heterocycles. The molecule has 6 heteroatoms. The first-order valence-corrected chi connectivity index (χ1v) is 8.01. The summed E-state index contributed by atoms with van der Waals surface area (Å²) >= 11 is 5.72. The van der Waals surface area contributed by atoms with Crippen molar-refractivity contribution in [3.05, 3.63) is 70.3 Å². The lowest BCUT2D eigenvalue weighted by Gasteiger charge is -2.12. The Bertz CT molecular complexity index is 994. The highest BCUT2D eigenvalue weighted by Crippen LogP contribution is 2.20. The van der Waals surface area contributed by atoms with E-state index in [0.29, 0.717) is 27.5 Å². The minimum Gasteiger partial charge on any atom is -0.497 e. The van der Waals surface area contributed by atoms with Crippen LogP contribution in [-0.2, 0) is 0 Å². The average molecular weight is 357 g/mol. The third-order valence-corrected chi connectivity index (χ3v) is 3.84. The second kappa shape index (κ2) is 6.99. The van der Waals surface area contributed by atoms with Gasteiger partial charge >= 0.3 is 0 Å². The number of ether oxygens (including phenoxy) is 2. The minimum atomic E-state index is -0.164. The van der Waals surface area contributed by atoms with E-state index in [9.17, 15) is 4.79 Å². The van der Waals surface area contributed by atoms with E-state index in [2.05, 4.69) is 11.6 Å². The van der Waals surface area contributed by atoms with Gasteiger partial charge in [-0.2, -0.15) is 0 Å². The highest BCUT2D eigenvalue weighted by Gasteiger charge is 2.11. The third kappa shape index (κ3) is 3.51. The Labute approximate surface area is 150 Å². The molecule has 0 saturated heterocycles. The van der Waals surface area contributed by atoms with Gasteiger partial charge in [0.2, 0.25) is 0 Å². The normalized spacial score (nSPS) is 10.7. The number of halogens is 1. The maximum Gasteiger partial charge on any atom is 0.266 e. The number of aryl methyl sites for hydroxylation is 1. The van der Waals surface area contributed by atoms with Gasteiger partial charge in [-0.15, -0.1) is 0 Å². The van der Waals surface area contributed by atoms with E-state index >= 15 is 0 Å². The highest BCUT2D eigenvalue weighted by atomic mass is 35.5. The molecule has 0 spiro atoms. The Kier molecular flexibility index (Phi) is 4.76. The van der Waals surface area contributed by atoms with Gasteiger partial charge in [0.25, 0.3) is 5.56 Å². The van der Waals surface area contributed by atoms with Crippen molar-refractivity contribution in [2.24, 2.45) is 0 Å². The molecule has 128 valence electrons. The molecule has 5 nitrogen and oxygen atoms in total. The summed E-state index contributed by atoms with van der Waals surface area (Å²) in [4.78, 5) is 17.5. The van der Waals surface area contributed by atoms with Gasteiger partial charge in [0, 0.05) is 5.03 Å². The Morgan fingerprint density at radius 2 is 1.88 bits per heavy atom. The first-order chi connectivity index (χ1) is 12.0. The van der Waals surface area contributed by atoms with Gasteiger partial charge in [0.05, 0.1) is 23.7 Å². The van der Waals surface area contributed by atoms with Crippen LogP contribution in [-0.4, -0.2) is 23.3 Å². The molecular formula is C19H17ClN2O3. The van der Waals surface area contributed by atoms with Crippen molar-refractivity contribution >= 4 is 22.5 Å². The van der Waals surface area contributed by atoms with Crippen LogP contribution in [0.15, 0.2) is 58.9 Å². The predicted molar refractivity (Wildman–Crippen MR) is 99.1 cm³/mol. The lowest BCUT2D eigenvalue weighted by Crippen LogP contribution is -2.22. The predicted octanol–water partition coefficient (Wildman–Crippen LogP) is 3.83. The van der Waals surface area contributed by atoms with E-state index in [1.165, 1.54) is 0 Å². The van der Waals surface area contributed by atoms with Crippen LogP contribution in [0, 0.1) is 6.92 Å². The summed E-state index contributed by atoms with van der Waals surface area (Å²) in [6.07, 6.45) is 0. The number of nitrogens with zero attached hydrogens (tertiary/aromatic N) is 2. The zero-order valence-corrected chi connectivity index (χ0v) is 14.7. The minimum absolute atomic E-state index is 0.164. The Balaban J connectivity index is 2.11. The highest BCUT2D eigenvalue weighted by molar-refractivity contribution is 6.29. The zero-order chi connectivity index (χ0) is 18.0. The fraction of sp³-hybridized carbons (Fsp3) is 0.158. The molecule has 0 radical (unpaired) electrons. The molecule has 0 amide bonds. The molecule has 0 N–H and O–H groups in total. The largest absolute Gasteiger partial charge is 0.497 e. The number of benzene rings is 2. The topological polar surface area (TPSA) is 53.4 Å². The first kappa shape index (κ1) is 17.0. The molecular weight excluding hydrogens is 340 g/mol.